The highest BCUT2D eigenvalue weighted by Crippen LogP contribution is 2.36. The summed E-state index contributed by atoms with van der Waals surface area (Å²) >= 11 is 0. The van der Waals surface area contributed by atoms with Crippen LogP contribution in [0.15, 0.2) is 54.7 Å². The summed E-state index contributed by atoms with van der Waals surface area (Å²) in [4.78, 5) is 28.5. The number of amides is 2. The van der Waals surface area contributed by atoms with Crippen LogP contribution in [0.1, 0.15) is 49.5 Å². The Morgan fingerprint density at radius 1 is 0.868 bits per heavy atom. The first-order valence-electron chi connectivity index (χ1n) is 11.4. The summed E-state index contributed by atoms with van der Waals surface area (Å²) in [6.45, 7) is 0. The van der Waals surface area contributed by atoms with Crippen molar-refractivity contribution in [1.82, 2.24) is 15.6 Å². The van der Waals surface area contributed by atoms with Crippen LogP contribution >= 0.6 is 0 Å². The minimum absolute atomic E-state index is 0.0183. The molecule has 4 rings (SSSR count). The van der Waals surface area contributed by atoms with Gasteiger partial charge >= 0.3 is 12.4 Å². The summed E-state index contributed by atoms with van der Waals surface area (Å²) in [6.07, 6.45) is -7.40. The number of aromatic nitrogens is 1. The first-order valence-corrected chi connectivity index (χ1v) is 11.4. The quantitative estimate of drug-likeness (QED) is 0.418. The minimum atomic E-state index is -5.05. The van der Waals surface area contributed by atoms with E-state index in [0.717, 1.165) is 11.1 Å². The lowest BCUT2D eigenvalue weighted by Crippen LogP contribution is -2.39. The maximum absolute atomic E-state index is 13.2. The number of hydrogen-bond donors (Lipinski definition) is 2. The first kappa shape index (κ1) is 27.0. The van der Waals surface area contributed by atoms with E-state index in [4.69, 9.17) is 4.74 Å². The molecule has 6 nitrogen and oxygen atoms in total. The molecule has 38 heavy (non-hydrogen) atoms. The number of nitrogens with zero attached hydrogens (tertiary/aromatic N) is 1. The topological polar surface area (TPSA) is 80.3 Å². The third-order valence-corrected chi connectivity index (χ3v) is 6.02. The van der Waals surface area contributed by atoms with Crippen molar-refractivity contribution in [3.63, 3.8) is 0 Å². The van der Waals surface area contributed by atoms with Gasteiger partial charge in [-0.05, 0) is 66.8 Å². The highest BCUT2D eigenvalue weighted by atomic mass is 19.4. The Hall–Kier alpha value is -4.09. The maximum atomic E-state index is 13.2. The van der Waals surface area contributed by atoms with Gasteiger partial charge in [0.1, 0.15) is 17.2 Å². The second-order valence-electron chi connectivity index (χ2n) is 8.70. The molecule has 1 unspecified atom stereocenters. The number of carbonyl (C=O) groups is 2. The fourth-order valence-corrected chi connectivity index (χ4v) is 4.14. The van der Waals surface area contributed by atoms with Gasteiger partial charge in [0.2, 0.25) is 0 Å². The number of benzene rings is 2. The molecule has 2 amide bonds. The number of halogens is 6. The smallest absolute Gasteiger partial charge is 0.416 e. The summed E-state index contributed by atoms with van der Waals surface area (Å²) < 4.78 is 84.8. The standard InChI is InChI=1S/C26H21F6N3O3/c1-33-24(37)22-13-21(6-7-34-22)38-20-5-3-14-2-4-19(10-15(14)11-20)35-23(36)16-8-17(25(27,28)29)12-18(9-16)26(30,31)32/h3,5-9,11-13,19H,2,4,10H2,1H3,(H,33,37)(H,35,36). The molecule has 1 heterocycles. The molecule has 0 radical (unpaired) electrons. The van der Waals surface area contributed by atoms with E-state index >= 15 is 0 Å². The predicted octanol–water partition coefficient (Wildman–Crippen LogP) is 5.56. The minimum Gasteiger partial charge on any atom is -0.457 e. The lowest BCUT2D eigenvalue weighted by molar-refractivity contribution is -0.143. The van der Waals surface area contributed by atoms with E-state index in [1.54, 1.807) is 18.2 Å². The zero-order valence-corrected chi connectivity index (χ0v) is 19.8. The molecule has 1 aliphatic rings. The van der Waals surface area contributed by atoms with E-state index in [1.807, 2.05) is 6.07 Å². The van der Waals surface area contributed by atoms with Crippen LogP contribution in [-0.4, -0.2) is 29.9 Å². The molecule has 0 fully saturated rings. The van der Waals surface area contributed by atoms with Crippen LogP contribution in [0.4, 0.5) is 26.3 Å². The Morgan fingerprint density at radius 3 is 2.16 bits per heavy atom. The fraction of sp³-hybridized carbons (Fsp3) is 0.269. The van der Waals surface area contributed by atoms with Crippen molar-refractivity contribution in [2.75, 3.05) is 7.05 Å². The molecule has 1 atom stereocenters. The number of ether oxygens (including phenoxy) is 1. The molecule has 1 aromatic heterocycles. The number of pyridine rings is 1. The third-order valence-electron chi connectivity index (χ3n) is 6.02. The molecule has 3 aromatic rings. The van der Waals surface area contributed by atoms with Crippen LogP contribution < -0.4 is 15.4 Å². The molecule has 0 spiro atoms. The van der Waals surface area contributed by atoms with Gasteiger partial charge in [-0.3, -0.25) is 14.6 Å². The van der Waals surface area contributed by atoms with Crippen molar-refractivity contribution in [3.05, 3.63) is 88.2 Å². The van der Waals surface area contributed by atoms with Crippen LogP contribution in [0, 0.1) is 0 Å². The van der Waals surface area contributed by atoms with E-state index < -0.39 is 41.0 Å². The van der Waals surface area contributed by atoms with Crippen LogP contribution in [0.2, 0.25) is 0 Å². The molecule has 0 saturated carbocycles. The van der Waals surface area contributed by atoms with Crippen molar-refractivity contribution < 1.29 is 40.7 Å². The molecule has 0 bridgehead atoms. The number of nitrogens with one attached hydrogen (secondary N) is 2. The molecular formula is C26H21F6N3O3. The Kier molecular flexibility index (Phi) is 7.34. The second-order valence-corrected chi connectivity index (χ2v) is 8.70. The SMILES string of the molecule is CNC(=O)c1cc(Oc2ccc3c(c2)CC(NC(=O)c2cc(C(F)(F)F)cc(C(F)(F)F)c2)CC3)ccn1. The van der Waals surface area contributed by atoms with Crippen LogP contribution in [0.25, 0.3) is 0 Å². The summed E-state index contributed by atoms with van der Waals surface area (Å²) in [5.41, 5.74) is -1.89. The molecule has 1 aliphatic carbocycles. The number of aryl methyl sites for hydroxylation is 1. The molecule has 200 valence electrons. The largest absolute Gasteiger partial charge is 0.457 e. The average Bonchev–Trinajstić information content (AvgIpc) is 2.87. The predicted molar refractivity (Wildman–Crippen MR) is 124 cm³/mol. The number of hydrogen-bond acceptors (Lipinski definition) is 4. The summed E-state index contributed by atoms with van der Waals surface area (Å²) in [6, 6.07) is 8.63. The third kappa shape index (κ3) is 6.24. The Bertz CT molecular complexity index is 1340. The van der Waals surface area contributed by atoms with E-state index in [0.29, 0.717) is 42.9 Å². The zero-order chi connectivity index (χ0) is 27.7. The Labute approximate surface area is 213 Å². The van der Waals surface area contributed by atoms with E-state index in [-0.39, 0.29) is 17.7 Å². The Morgan fingerprint density at radius 2 is 1.53 bits per heavy atom. The maximum Gasteiger partial charge on any atom is 0.416 e. The number of rotatable bonds is 5. The summed E-state index contributed by atoms with van der Waals surface area (Å²) in [5, 5.41) is 5.03. The highest BCUT2D eigenvalue weighted by molar-refractivity contribution is 5.95. The van der Waals surface area contributed by atoms with Gasteiger partial charge in [0, 0.05) is 30.9 Å². The molecule has 0 saturated heterocycles. The monoisotopic (exact) mass is 537 g/mol. The van der Waals surface area contributed by atoms with Gasteiger partial charge in [-0.15, -0.1) is 0 Å². The van der Waals surface area contributed by atoms with Gasteiger partial charge in [0.05, 0.1) is 11.1 Å². The fourth-order valence-electron chi connectivity index (χ4n) is 4.14. The zero-order valence-electron chi connectivity index (χ0n) is 19.8. The van der Waals surface area contributed by atoms with Gasteiger partial charge in [0.25, 0.3) is 11.8 Å². The van der Waals surface area contributed by atoms with Crippen LogP contribution in [0.3, 0.4) is 0 Å². The van der Waals surface area contributed by atoms with Gasteiger partial charge < -0.3 is 15.4 Å². The van der Waals surface area contributed by atoms with Crippen molar-refractivity contribution in [2.24, 2.45) is 0 Å². The van der Waals surface area contributed by atoms with Gasteiger partial charge in [0.15, 0.2) is 0 Å². The van der Waals surface area contributed by atoms with Crippen molar-refractivity contribution in [1.29, 1.82) is 0 Å². The Balaban J connectivity index is 1.50. The molecule has 2 N–H and O–H groups in total. The van der Waals surface area contributed by atoms with Crippen LogP contribution in [0.5, 0.6) is 11.5 Å². The van der Waals surface area contributed by atoms with E-state index in [9.17, 15) is 35.9 Å². The van der Waals surface area contributed by atoms with Crippen LogP contribution in [-0.2, 0) is 25.2 Å². The number of carbonyl (C=O) groups excluding carboxylic acids is 2. The number of fused-ring (bicyclic) bond motifs is 1. The second kappa shape index (κ2) is 10.3. The summed E-state index contributed by atoms with van der Waals surface area (Å²) in [5.74, 6) is -0.606. The molecular weight excluding hydrogens is 516 g/mol. The lowest BCUT2D eigenvalue weighted by atomic mass is 9.88. The van der Waals surface area contributed by atoms with Gasteiger partial charge in [-0.25, -0.2) is 0 Å². The molecule has 0 aliphatic heterocycles. The first-order chi connectivity index (χ1) is 17.8. The lowest BCUT2D eigenvalue weighted by Gasteiger charge is -2.26. The van der Waals surface area contributed by atoms with Crippen molar-refractivity contribution in [2.45, 2.75) is 37.7 Å². The summed E-state index contributed by atoms with van der Waals surface area (Å²) in [7, 11) is 1.47. The molecule has 12 heteroatoms. The average molecular weight is 537 g/mol. The van der Waals surface area contributed by atoms with Crippen molar-refractivity contribution >= 4 is 11.8 Å². The van der Waals surface area contributed by atoms with Gasteiger partial charge in [-0.1, -0.05) is 6.07 Å². The number of alkyl halides is 6. The van der Waals surface area contributed by atoms with E-state index in [2.05, 4.69) is 15.6 Å². The van der Waals surface area contributed by atoms with Crippen molar-refractivity contribution in [3.8, 4) is 11.5 Å². The van der Waals surface area contributed by atoms with Gasteiger partial charge in [-0.2, -0.15) is 26.3 Å². The highest BCUT2D eigenvalue weighted by Gasteiger charge is 2.37. The normalized spacial score (nSPS) is 15.4. The van der Waals surface area contributed by atoms with E-state index in [1.165, 1.54) is 19.3 Å². The molecule has 2 aromatic carbocycles.